The van der Waals surface area contributed by atoms with Crippen LogP contribution in [0.2, 0.25) is 0 Å². The van der Waals surface area contributed by atoms with Gasteiger partial charge in [-0.25, -0.2) is 9.18 Å². The summed E-state index contributed by atoms with van der Waals surface area (Å²) in [7, 11) is 0. The first-order valence-electron chi connectivity index (χ1n) is 5.84. The molecular weight excluding hydrogens is 273 g/mol. The quantitative estimate of drug-likeness (QED) is 0.599. The van der Waals surface area contributed by atoms with E-state index in [0.717, 1.165) is 11.5 Å². The van der Waals surface area contributed by atoms with Gasteiger partial charge in [-0.2, -0.15) is 4.98 Å². The Morgan fingerprint density at radius 1 is 1.70 bits per heavy atom. The van der Waals surface area contributed by atoms with Gasteiger partial charge in [0.25, 0.3) is 0 Å². The minimum absolute atomic E-state index is 0.0130. The Bertz CT molecular complexity index is 561. The van der Waals surface area contributed by atoms with Crippen LogP contribution in [0.25, 0.3) is 0 Å². The molecule has 0 aromatic carbocycles. The molecule has 20 heavy (non-hydrogen) atoms. The van der Waals surface area contributed by atoms with Gasteiger partial charge >= 0.3 is 5.69 Å². The molecule has 1 aromatic heterocycles. The molecular formula is C11H14FN3O5. The van der Waals surface area contributed by atoms with Gasteiger partial charge in [0.1, 0.15) is 18.0 Å². The van der Waals surface area contributed by atoms with Crippen molar-refractivity contribution in [2.24, 2.45) is 0 Å². The number of carbonyl (C=O) groups excluding carboxylic acids is 1. The highest BCUT2D eigenvalue weighted by Gasteiger charge is 2.55. The Morgan fingerprint density at radius 3 is 2.90 bits per heavy atom. The molecule has 4 atom stereocenters. The van der Waals surface area contributed by atoms with Crippen molar-refractivity contribution < 1.29 is 24.1 Å². The van der Waals surface area contributed by atoms with Gasteiger partial charge in [0.2, 0.25) is 6.41 Å². The summed E-state index contributed by atoms with van der Waals surface area (Å²) in [5.41, 5.74) is -3.12. The normalized spacial score (nSPS) is 33.1. The summed E-state index contributed by atoms with van der Waals surface area (Å²) in [6.07, 6.45) is -2.58. The van der Waals surface area contributed by atoms with Crippen LogP contribution in [-0.2, 0) is 9.53 Å². The fourth-order valence-electron chi connectivity index (χ4n) is 2.09. The van der Waals surface area contributed by atoms with E-state index in [1.54, 1.807) is 0 Å². The van der Waals surface area contributed by atoms with Gasteiger partial charge < -0.3 is 20.3 Å². The number of rotatable bonds is 4. The topological polar surface area (TPSA) is 114 Å². The second kappa shape index (κ2) is 5.27. The number of carbonyl (C=O) groups is 1. The first-order chi connectivity index (χ1) is 9.41. The number of nitrogens with zero attached hydrogens (tertiary/aromatic N) is 2. The molecule has 0 spiro atoms. The zero-order valence-corrected chi connectivity index (χ0v) is 10.6. The van der Waals surface area contributed by atoms with Crippen molar-refractivity contribution in [1.82, 2.24) is 9.55 Å². The molecule has 0 bridgehead atoms. The third-order valence-corrected chi connectivity index (χ3v) is 3.19. The molecule has 8 nitrogen and oxygen atoms in total. The molecule has 9 heteroatoms. The SMILES string of the molecule is C[C@@]1(F)[C@H](O)[C@@H](CO)O[C@H]1n1ccc(NC=O)nc1=O. The first kappa shape index (κ1) is 14.6. The summed E-state index contributed by atoms with van der Waals surface area (Å²) in [5, 5.41) is 20.9. The molecule has 3 N–H and O–H groups in total. The minimum atomic E-state index is -2.27. The molecule has 1 amide bonds. The van der Waals surface area contributed by atoms with Crippen molar-refractivity contribution in [3.63, 3.8) is 0 Å². The molecule has 1 fully saturated rings. The van der Waals surface area contributed by atoms with Crippen molar-refractivity contribution in [1.29, 1.82) is 0 Å². The van der Waals surface area contributed by atoms with Crippen LogP contribution in [0.5, 0.6) is 0 Å². The van der Waals surface area contributed by atoms with Crippen molar-refractivity contribution in [2.45, 2.75) is 31.0 Å². The molecule has 2 heterocycles. The van der Waals surface area contributed by atoms with Crippen LogP contribution in [0.3, 0.4) is 0 Å². The lowest BCUT2D eigenvalue weighted by Crippen LogP contribution is -2.42. The molecule has 1 saturated heterocycles. The number of aliphatic hydroxyl groups is 2. The summed E-state index contributed by atoms with van der Waals surface area (Å²) in [6, 6.07) is 1.29. The Balaban J connectivity index is 2.37. The third-order valence-electron chi connectivity index (χ3n) is 3.19. The molecule has 0 unspecified atom stereocenters. The molecule has 0 aliphatic carbocycles. The fourth-order valence-corrected chi connectivity index (χ4v) is 2.09. The lowest BCUT2D eigenvalue weighted by molar-refractivity contribution is -0.105. The van der Waals surface area contributed by atoms with Gasteiger partial charge in [-0.1, -0.05) is 0 Å². The zero-order valence-electron chi connectivity index (χ0n) is 10.6. The number of alkyl halides is 1. The van der Waals surface area contributed by atoms with Crippen molar-refractivity contribution >= 4 is 12.2 Å². The Hall–Kier alpha value is -1.84. The number of aliphatic hydroxyl groups excluding tert-OH is 2. The van der Waals surface area contributed by atoms with E-state index in [4.69, 9.17) is 9.84 Å². The number of amides is 1. The maximum absolute atomic E-state index is 14.5. The van der Waals surface area contributed by atoms with E-state index in [1.807, 2.05) is 0 Å². The average molecular weight is 287 g/mol. The highest BCUT2D eigenvalue weighted by atomic mass is 19.1. The molecule has 1 aliphatic rings. The number of hydrogen-bond donors (Lipinski definition) is 3. The smallest absolute Gasteiger partial charge is 0.351 e. The van der Waals surface area contributed by atoms with E-state index in [1.165, 1.54) is 12.3 Å². The van der Waals surface area contributed by atoms with Crippen LogP contribution >= 0.6 is 0 Å². The second-order valence-corrected chi connectivity index (χ2v) is 4.57. The van der Waals surface area contributed by atoms with E-state index < -0.39 is 36.4 Å². The first-order valence-corrected chi connectivity index (χ1v) is 5.84. The summed E-state index contributed by atoms with van der Waals surface area (Å²) >= 11 is 0. The van der Waals surface area contributed by atoms with Crippen LogP contribution in [0.1, 0.15) is 13.2 Å². The number of halogens is 1. The van der Waals surface area contributed by atoms with Crippen LogP contribution in [0.15, 0.2) is 17.1 Å². The molecule has 1 aliphatic heterocycles. The molecule has 1 aromatic rings. The van der Waals surface area contributed by atoms with Crippen LogP contribution in [0.4, 0.5) is 10.2 Å². The third kappa shape index (κ3) is 2.30. The number of hydrogen-bond acceptors (Lipinski definition) is 6. The predicted octanol–water partition coefficient (Wildman–Crippen LogP) is -1.21. The lowest BCUT2D eigenvalue weighted by Gasteiger charge is -2.24. The van der Waals surface area contributed by atoms with Crippen LogP contribution in [0, 0.1) is 0 Å². The standard InChI is InChI=1S/C11H14FN3O5/c1-11(12)8(18)6(4-16)20-9(11)15-3-2-7(13-5-17)14-10(15)19/h2-3,5-6,8-9,16,18H,4H2,1H3,(H,13,14,17,19)/t6-,8-,9-,11-/m1/s1. The Labute approximate surface area is 112 Å². The summed E-state index contributed by atoms with van der Waals surface area (Å²) in [4.78, 5) is 25.6. The zero-order chi connectivity index (χ0) is 14.9. The minimum Gasteiger partial charge on any atom is -0.394 e. The van der Waals surface area contributed by atoms with E-state index in [9.17, 15) is 19.1 Å². The van der Waals surface area contributed by atoms with Gasteiger partial charge in [0, 0.05) is 6.20 Å². The van der Waals surface area contributed by atoms with Gasteiger partial charge in [-0.15, -0.1) is 0 Å². The molecule has 0 saturated carbocycles. The number of ether oxygens (including phenoxy) is 1. The van der Waals surface area contributed by atoms with Gasteiger partial charge in [0.05, 0.1) is 6.61 Å². The maximum atomic E-state index is 14.5. The number of nitrogens with one attached hydrogen (secondary N) is 1. The monoisotopic (exact) mass is 287 g/mol. The summed E-state index contributed by atoms with van der Waals surface area (Å²) in [6.45, 7) is 0.492. The highest BCUT2D eigenvalue weighted by molar-refractivity contribution is 5.68. The maximum Gasteiger partial charge on any atom is 0.351 e. The number of anilines is 1. The fraction of sp³-hybridized carbons (Fsp3) is 0.545. The van der Waals surface area contributed by atoms with Gasteiger partial charge in [-0.05, 0) is 13.0 Å². The Morgan fingerprint density at radius 2 is 2.40 bits per heavy atom. The Kier molecular flexibility index (Phi) is 3.84. The van der Waals surface area contributed by atoms with E-state index in [-0.39, 0.29) is 5.82 Å². The summed E-state index contributed by atoms with van der Waals surface area (Å²) < 4.78 is 20.5. The molecule has 110 valence electrons. The van der Waals surface area contributed by atoms with Crippen LogP contribution in [-0.4, -0.2) is 50.7 Å². The summed E-state index contributed by atoms with van der Waals surface area (Å²) in [5.74, 6) is 0.0130. The van der Waals surface area contributed by atoms with Crippen LogP contribution < -0.4 is 11.0 Å². The lowest BCUT2D eigenvalue weighted by atomic mass is 9.98. The molecule has 2 rings (SSSR count). The molecule has 0 radical (unpaired) electrons. The van der Waals surface area contributed by atoms with E-state index in [2.05, 4.69) is 10.3 Å². The van der Waals surface area contributed by atoms with E-state index >= 15 is 0 Å². The van der Waals surface area contributed by atoms with Crippen molar-refractivity contribution in [3.8, 4) is 0 Å². The van der Waals surface area contributed by atoms with E-state index in [0.29, 0.717) is 6.41 Å². The average Bonchev–Trinajstić information content (AvgIpc) is 2.62. The van der Waals surface area contributed by atoms with Gasteiger partial charge in [-0.3, -0.25) is 9.36 Å². The largest absolute Gasteiger partial charge is 0.394 e. The van der Waals surface area contributed by atoms with Gasteiger partial charge in [0.15, 0.2) is 11.9 Å². The second-order valence-electron chi connectivity index (χ2n) is 4.57. The predicted molar refractivity (Wildman–Crippen MR) is 64.7 cm³/mol. The number of aromatic nitrogens is 2. The highest BCUT2D eigenvalue weighted by Crippen LogP contribution is 2.40. The van der Waals surface area contributed by atoms with Crippen molar-refractivity contribution in [3.05, 3.63) is 22.7 Å². The van der Waals surface area contributed by atoms with Crippen molar-refractivity contribution in [2.75, 3.05) is 11.9 Å².